The smallest absolute Gasteiger partial charge is 0.346 e. The van der Waals surface area contributed by atoms with Crippen molar-refractivity contribution in [2.45, 2.75) is 18.2 Å². The number of Topliss-reactive ketones (excluding diaryl/α,β-unsaturated/α-hetero) is 1. The summed E-state index contributed by atoms with van der Waals surface area (Å²) in [7, 11) is 2.97. The highest BCUT2D eigenvalue weighted by molar-refractivity contribution is 8.29. The van der Waals surface area contributed by atoms with E-state index in [9.17, 15) is 9.59 Å². The third kappa shape index (κ3) is 3.57. The van der Waals surface area contributed by atoms with Crippen molar-refractivity contribution >= 4 is 51.7 Å². The van der Waals surface area contributed by atoms with Gasteiger partial charge in [-0.05, 0) is 55.1 Å². The summed E-state index contributed by atoms with van der Waals surface area (Å²) < 4.78 is 9.38. The van der Waals surface area contributed by atoms with E-state index in [1.807, 2.05) is 66.4 Å². The number of hydrogen-bond donors (Lipinski definition) is 0. The molecule has 0 radical (unpaired) electrons. The Bertz CT molecular complexity index is 1090. The minimum atomic E-state index is -0.940. The molecule has 0 aliphatic carbocycles. The highest BCUT2D eigenvalue weighted by Gasteiger charge is 2.57. The number of anilines is 2. The number of hydrazone groups is 1. The van der Waals surface area contributed by atoms with Gasteiger partial charge in [-0.1, -0.05) is 30.0 Å². The van der Waals surface area contributed by atoms with Crippen LogP contribution in [0.2, 0.25) is 0 Å². The number of benzene rings is 2. The second-order valence-electron chi connectivity index (χ2n) is 6.80. The van der Waals surface area contributed by atoms with Gasteiger partial charge in [0.15, 0.2) is 10.8 Å². The Morgan fingerprint density at radius 2 is 1.65 bits per heavy atom. The summed E-state index contributed by atoms with van der Waals surface area (Å²) in [6.07, 6.45) is 0. The average Bonchev–Trinajstić information content (AvgIpc) is 3.31. The van der Waals surface area contributed by atoms with Gasteiger partial charge in [0.05, 0.1) is 19.9 Å². The quantitative estimate of drug-likeness (QED) is 0.614. The molecule has 0 unspecified atom stereocenters. The molecule has 1 atom stereocenters. The van der Waals surface area contributed by atoms with Gasteiger partial charge in [0.2, 0.25) is 4.33 Å². The molecule has 160 valence electrons. The molecule has 2 heterocycles. The lowest BCUT2D eigenvalue weighted by atomic mass is 10.2. The fraction of sp³-hybridized carbons (Fsp3) is 0.227. The van der Waals surface area contributed by atoms with Gasteiger partial charge in [-0.3, -0.25) is 4.79 Å². The molecule has 0 saturated heterocycles. The Morgan fingerprint density at radius 1 is 0.968 bits per heavy atom. The van der Waals surface area contributed by atoms with Crippen LogP contribution >= 0.6 is 23.5 Å². The first-order valence-corrected chi connectivity index (χ1v) is 11.1. The highest BCUT2D eigenvalue weighted by atomic mass is 32.2. The molecular formula is C22H21N3O4S2. The predicted octanol–water partition coefficient (Wildman–Crippen LogP) is 4.42. The number of esters is 1. The molecule has 2 aromatic carbocycles. The number of allylic oxidation sites excluding steroid dienone is 1. The zero-order chi connectivity index (χ0) is 22.2. The predicted molar refractivity (Wildman–Crippen MR) is 125 cm³/mol. The van der Waals surface area contributed by atoms with Crippen molar-refractivity contribution in [3.63, 3.8) is 0 Å². The summed E-state index contributed by atoms with van der Waals surface area (Å²) in [6.45, 7) is 3.37. The van der Waals surface area contributed by atoms with Crippen LogP contribution in [0.5, 0.6) is 5.75 Å². The van der Waals surface area contributed by atoms with E-state index in [1.54, 1.807) is 12.1 Å². The van der Waals surface area contributed by atoms with E-state index in [1.165, 1.54) is 37.6 Å². The highest BCUT2D eigenvalue weighted by Crippen LogP contribution is 2.60. The van der Waals surface area contributed by atoms with Crippen LogP contribution < -0.4 is 14.6 Å². The normalized spacial score (nSPS) is 20.3. The summed E-state index contributed by atoms with van der Waals surface area (Å²) in [5, 5.41) is 6.81. The maximum absolute atomic E-state index is 12.6. The number of carbonyl (C=O) groups excluding carboxylic acids is 2. The van der Waals surface area contributed by atoms with Crippen LogP contribution in [0.15, 0.2) is 70.3 Å². The van der Waals surface area contributed by atoms with Crippen LogP contribution in [-0.4, -0.2) is 35.3 Å². The van der Waals surface area contributed by atoms with Crippen LogP contribution in [0.4, 0.5) is 11.4 Å². The molecule has 7 nitrogen and oxygen atoms in total. The molecule has 0 saturated carbocycles. The maximum Gasteiger partial charge on any atom is 0.346 e. The van der Waals surface area contributed by atoms with Gasteiger partial charge in [0.1, 0.15) is 10.7 Å². The largest absolute Gasteiger partial charge is 0.497 e. The van der Waals surface area contributed by atoms with Crippen molar-refractivity contribution < 1.29 is 19.1 Å². The number of ketones is 1. The first kappa shape index (κ1) is 21.3. The lowest BCUT2D eigenvalue weighted by Crippen LogP contribution is -2.49. The topological polar surface area (TPSA) is 71.4 Å². The zero-order valence-corrected chi connectivity index (χ0v) is 19.1. The fourth-order valence-electron chi connectivity index (χ4n) is 3.42. The first-order valence-electron chi connectivity index (χ1n) is 9.47. The number of carbonyl (C=O) groups is 2. The number of ether oxygens (including phenoxy) is 2. The molecule has 4 rings (SSSR count). The summed E-state index contributed by atoms with van der Waals surface area (Å²) in [5.41, 5.74) is 2.36. The monoisotopic (exact) mass is 455 g/mol. The van der Waals surface area contributed by atoms with E-state index in [-0.39, 0.29) is 5.78 Å². The minimum absolute atomic E-state index is 0.141. The SMILES string of the molecule is COC(=O)C1=C(C)N(c2ccccc2)[C@@]2(SC(C(C)=O)=NN2c2ccc(OC)cc2)S1. The van der Waals surface area contributed by atoms with Gasteiger partial charge >= 0.3 is 5.97 Å². The molecule has 2 aliphatic rings. The molecule has 2 aromatic rings. The second-order valence-corrected chi connectivity index (χ2v) is 9.40. The molecule has 2 aliphatic heterocycles. The van der Waals surface area contributed by atoms with Crippen molar-refractivity contribution in [1.82, 2.24) is 0 Å². The van der Waals surface area contributed by atoms with Crippen molar-refractivity contribution in [1.29, 1.82) is 0 Å². The Balaban J connectivity index is 1.89. The van der Waals surface area contributed by atoms with Crippen LogP contribution in [0.3, 0.4) is 0 Å². The molecule has 1 spiro atoms. The van der Waals surface area contributed by atoms with Gasteiger partial charge < -0.3 is 14.4 Å². The van der Waals surface area contributed by atoms with Crippen molar-refractivity contribution in [3.05, 3.63) is 65.2 Å². The summed E-state index contributed by atoms with van der Waals surface area (Å²) in [4.78, 5) is 27.4. The third-order valence-corrected chi connectivity index (χ3v) is 7.84. The molecule has 0 fully saturated rings. The Morgan fingerprint density at radius 3 is 2.23 bits per heavy atom. The number of para-hydroxylation sites is 1. The Labute approximate surface area is 189 Å². The van der Waals surface area contributed by atoms with Crippen LogP contribution in [0, 0.1) is 0 Å². The van der Waals surface area contributed by atoms with Gasteiger partial charge in [0.25, 0.3) is 0 Å². The fourth-order valence-corrected chi connectivity index (χ4v) is 6.39. The molecule has 31 heavy (non-hydrogen) atoms. The minimum Gasteiger partial charge on any atom is -0.497 e. The maximum atomic E-state index is 12.6. The van der Waals surface area contributed by atoms with E-state index in [2.05, 4.69) is 5.10 Å². The van der Waals surface area contributed by atoms with E-state index >= 15 is 0 Å². The second kappa shape index (κ2) is 8.32. The average molecular weight is 456 g/mol. The van der Waals surface area contributed by atoms with Gasteiger partial charge in [0, 0.05) is 18.3 Å². The molecular weight excluding hydrogens is 434 g/mol. The summed E-state index contributed by atoms with van der Waals surface area (Å²) >= 11 is 2.63. The number of rotatable bonds is 5. The van der Waals surface area contributed by atoms with Crippen LogP contribution in [0.25, 0.3) is 0 Å². The summed E-state index contributed by atoms with van der Waals surface area (Å²) in [6, 6.07) is 17.1. The Hall–Kier alpha value is -2.91. The number of thioether (sulfide) groups is 2. The van der Waals surface area contributed by atoms with Gasteiger partial charge in [-0.15, -0.1) is 0 Å². The summed E-state index contributed by atoms with van der Waals surface area (Å²) in [5.74, 6) is 0.147. The third-order valence-electron chi connectivity index (χ3n) is 4.87. The number of nitrogens with zero attached hydrogens (tertiary/aromatic N) is 3. The number of methoxy groups -OCH3 is 2. The van der Waals surface area contributed by atoms with E-state index in [0.29, 0.717) is 15.7 Å². The van der Waals surface area contributed by atoms with E-state index < -0.39 is 10.3 Å². The Kier molecular flexibility index (Phi) is 5.72. The zero-order valence-electron chi connectivity index (χ0n) is 17.5. The molecule has 9 heteroatoms. The van der Waals surface area contributed by atoms with Gasteiger partial charge in [-0.25, -0.2) is 9.80 Å². The molecule has 0 aromatic heterocycles. The van der Waals surface area contributed by atoms with Gasteiger partial charge in [-0.2, -0.15) is 5.10 Å². The molecule has 0 N–H and O–H groups in total. The van der Waals surface area contributed by atoms with Crippen molar-refractivity contribution in [2.24, 2.45) is 5.10 Å². The lowest BCUT2D eigenvalue weighted by molar-refractivity contribution is -0.135. The van der Waals surface area contributed by atoms with E-state index in [4.69, 9.17) is 9.47 Å². The molecule has 0 bridgehead atoms. The first-order chi connectivity index (χ1) is 14.9. The van der Waals surface area contributed by atoms with Crippen molar-refractivity contribution in [3.8, 4) is 5.75 Å². The number of hydrogen-bond acceptors (Lipinski definition) is 9. The lowest BCUT2D eigenvalue weighted by Gasteiger charge is -2.41. The van der Waals surface area contributed by atoms with E-state index in [0.717, 1.165) is 17.1 Å². The molecule has 0 amide bonds. The van der Waals surface area contributed by atoms with Crippen molar-refractivity contribution in [2.75, 3.05) is 24.1 Å². The standard InChI is InChI=1S/C22H21N3O4S2/c1-14-19(21(27)29-4)30-22(24(14)16-8-6-5-7-9-16)25(23-20(31-22)15(2)26)17-10-12-18(28-3)13-11-17/h5-13H,1-4H3/t22-/m0/s1. The van der Waals surface area contributed by atoms with Crippen LogP contribution in [-0.2, 0) is 14.3 Å². The van der Waals surface area contributed by atoms with Crippen LogP contribution in [0.1, 0.15) is 13.8 Å².